The third-order valence-corrected chi connectivity index (χ3v) is 16.2. The number of carbonyl (C=O) groups excluding carboxylic acids is 1. The van der Waals surface area contributed by atoms with Crippen LogP contribution in [0.5, 0.6) is 0 Å². The van der Waals surface area contributed by atoms with E-state index in [0.29, 0.717) is 29.7 Å². The van der Waals surface area contributed by atoms with Crippen LogP contribution in [0.1, 0.15) is 121 Å². The second kappa shape index (κ2) is 11.1. The average Bonchev–Trinajstić information content (AvgIpc) is 3.61. The molecule has 2 spiro atoms. The number of carbonyl (C=O) groups is 1. The first-order valence-corrected chi connectivity index (χ1v) is 19.1. The van der Waals surface area contributed by atoms with E-state index in [0.717, 1.165) is 39.0 Å². The molecule has 0 amide bonds. The highest BCUT2D eigenvalue weighted by Crippen LogP contribution is 2.89. The zero-order valence-electron chi connectivity index (χ0n) is 31.0. The molecule has 47 heavy (non-hydrogen) atoms. The molecule has 7 fully saturated rings. The number of morpholine rings is 1. The maximum absolute atomic E-state index is 12.6. The number of fused-ring (bicyclic) bond motifs is 4. The van der Waals surface area contributed by atoms with Gasteiger partial charge in [0, 0.05) is 31.5 Å². The summed E-state index contributed by atoms with van der Waals surface area (Å²) in [6.45, 7) is 24.0. The van der Waals surface area contributed by atoms with E-state index in [2.05, 4.69) is 53.4 Å². The Morgan fingerprint density at radius 2 is 1.70 bits per heavy atom. The summed E-state index contributed by atoms with van der Waals surface area (Å²) in [6.07, 6.45) is 6.85. The number of rotatable bonds is 6. The molecule has 0 aromatic heterocycles. The molecule has 8 heteroatoms. The summed E-state index contributed by atoms with van der Waals surface area (Å²) >= 11 is 0. The van der Waals surface area contributed by atoms with E-state index in [1.807, 2.05) is 0 Å². The summed E-state index contributed by atoms with van der Waals surface area (Å²) in [7, 11) is 0. The van der Waals surface area contributed by atoms with Gasteiger partial charge < -0.3 is 29.2 Å². The van der Waals surface area contributed by atoms with Crippen LogP contribution in [-0.4, -0.2) is 89.2 Å². The molecular weight excluding hydrogens is 594 g/mol. The highest BCUT2D eigenvalue weighted by Gasteiger charge is 2.84. The Morgan fingerprint density at radius 3 is 2.36 bits per heavy atom. The first-order valence-electron chi connectivity index (χ1n) is 19.1. The van der Waals surface area contributed by atoms with Gasteiger partial charge in [0.1, 0.15) is 0 Å². The molecule has 0 aromatic rings. The van der Waals surface area contributed by atoms with Gasteiger partial charge in [-0.05, 0) is 124 Å². The van der Waals surface area contributed by atoms with Crippen LogP contribution in [0.2, 0.25) is 0 Å². The molecule has 2 saturated heterocycles. The summed E-state index contributed by atoms with van der Waals surface area (Å²) in [5.41, 5.74) is -0.902. The van der Waals surface area contributed by atoms with Crippen molar-refractivity contribution in [2.75, 3.05) is 19.7 Å². The molecule has 0 aromatic carbocycles. The lowest BCUT2D eigenvalue weighted by atomic mass is 9.41. The quantitative estimate of drug-likeness (QED) is 0.338. The van der Waals surface area contributed by atoms with Gasteiger partial charge in [0.15, 0.2) is 12.4 Å². The van der Waals surface area contributed by atoms with Crippen molar-refractivity contribution in [1.29, 1.82) is 0 Å². The van der Waals surface area contributed by atoms with Gasteiger partial charge in [-0.15, -0.1) is 0 Å². The van der Waals surface area contributed by atoms with Crippen molar-refractivity contribution in [1.82, 2.24) is 4.90 Å². The van der Waals surface area contributed by atoms with Crippen molar-refractivity contribution >= 4 is 5.97 Å². The predicted octanol–water partition coefficient (Wildman–Crippen LogP) is 5.95. The summed E-state index contributed by atoms with van der Waals surface area (Å²) in [5, 5.41) is 23.6. The topological polar surface area (TPSA) is 97.7 Å². The van der Waals surface area contributed by atoms with Crippen LogP contribution in [0.4, 0.5) is 0 Å². The van der Waals surface area contributed by atoms with Crippen LogP contribution < -0.4 is 0 Å². The van der Waals surface area contributed by atoms with Crippen molar-refractivity contribution in [2.45, 2.75) is 169 Å². The van der Waals surface area contributed by atoms with Crippen molar-refractivity contribution in [3.05, 3.63) is 0 Å². The van der Waals surface area contributed by atoms with Crippen LogP contribution in [-0.2, 0) is 23.7 Å². The molecule has 7 aliphatic rings. The van der Waals surface area contributed by atoms with Gasteiger partial charge in [-0.3, -0.25) is 9.69 Å². The number of hydrogen-bond donors (Lipinski definition) is 2. The summed E-state index contributed by atoms with van der Waals surface area (Å²) in [6, 6.07) is 0.499. The number of ether oxygens (including phenoxy) is 4. The van der Waals surface area contributed by atoms with Gasteiger partial charge in [-0.1, -0.05) is 34.6 Å². The molecule has 8 nitrogen and oxygen atoms in total. The number of hydrogen-bond acceptors (Lipinski definition) is 8. The van der Waals surface area contributed by atoms with Gasteiger partial charge >= 0.3 is 5.97 Å². The van der Waals surface area contributed by atoms with E-state index in [9.17, 15) is 15.0 Å². The monoisotopic (exact) mass is 659 g/mol. The summed E-state index contributed by atoms with van der Waals surface area (Å²) in [5.74, 6) is 1.15. The maximum atomic E-state index is 12.6. The minimum Gasteiger partial charge on any atom is -0.457 e. The lowest BCUT2D eigenvalue weighted by molar-refractivity contribution is -0.250. The molecule has 2 aliphatic heterocycles. The largest absolute Gasteiger partial charge is 0.457 e. The van der Waals surface area contributed by atoms with E-state index in [4.69, 9.17) is 18.9 Å². The maximum Gasteiger partial charge on any atom is 0.303 e. The highest BCUT2D eigenvalue weighted by atomic mass is 16.7. The van der Waals surface area contributed by atoms with Crippen molar-refractivity contribution < 1.29 is 34.0 Å². The van der Waals surface area contributed by atoms with Crippen LogP contribution in [0.3, 0.4) is 0 Å². The van der Waals surface area contributed by atoms with Crippen molar-refractivity contribution in [2.24, 2.45) is 50.7 Å². The fourth-order valence-corrected chi connectivity index (χ4v) is 14.0. The van der Waals surface area contributed by atoms with E-state index in [-0.39, 0.29) is 52.0 Å². The number of aliphatic hydroxyl groups is 2. The Bertz CT molecular complexity index is 1230. The first kappa shape index (κ1) is 34.7. The molecule has 2 unspecified atom stereocenters. The van der Waals surface area contributed by atoms with Gasteiger partial charge in [0.25, 0.3) is 0 Å². The minimum atomic E-state index is -1.25. The molecule has 5 saturated carbocycles. The number of esters is 1. The van der Waals surface area contributed by atoms with Crippen molar-refractivity contribution in [3.8, 4) is 0 Å². The fraction of sp³-hybridized carbons (Fsp3) is 0.974. The lowest BCUT2D eigenvalue weighted by Gasteiger charge is -2.64. The van der Waals surface area contributed by atoms with Gasteiger partial charge in [-0.2, -0.15) is 0 Å². The van der Waals surface area contributed by atoms with Crippen LogP contribution in [0.15, 0.2) is 0 Å². The molecule has 0 radical (unpaired) electrons. The molecule has 0 bridgehead atoms. The van der Waals surface area contributed by atoms with E-state index in [1.165, 1.54) is 32.6 Å². The lowest BCUT2D eigenvalue weighted by Crippen LogP contribution is -2.60. The molecular formula is C39H65NO7. The minimum absolute atomic E-state index is 0.0455. The van der Waals surface area contributed by atoms with Crippen LogP contribution in [0.25, 0.3) is 0 Å². The second-order valence-electron chi connectivity index (χ2n) is 19.3. The molecule has 7 rings (SSSR count). The van der Waals surface area contributed by atoms with Gasteiger partial charge in [-0.25, -0.2) is 0 Å². The van der Waals surface area contributed by atoms with Gasteiger partial charge in [0.05, 0.1) is 36.6 Å². The molecule has 14 atom stereocenters. The average molecular weight is 660 g/mol. The van der Waals surface area contributed by atoms with E-state index < -0.39 is 29.9 Å². The standard InChI is InChI=1S/C39H65NO7/c1-22(2)40-17-18-44-29(20-40)47-28-13-14-38-21-39(38)16-15-36(9)30-23(3)19-25(33(35(7,8)43)45-24(4)41)46-31(30)32(42)37(36,10)27(39)12-11-26(38)34(28,5)6/h22-23,25-33,42-43H,11-21H2,1-10H3/t23-,25-,26+,27+,28+,29?,30?,31+,32+,33+,36-,37-,38-,39+/m1/s1. The normalized spacial score (nSPS) is 51.2. The summed E-state index contributed by atoms with van der Waals surface area (Å²) in [4.78, 5) is 14.6. The van der Waals surface area contributed by atoms with Crippen molar-refractivity contribution in [3.63, 3.8) is 0 Å². The third kappa shape index (κ3) is 4.76. The second-order valence-corrected chi connectivity index (χ2v) is 19.3. The molecule has 5 aliphatic carbocycles. The Hall–Kier alpha value is -0.770. The zero-order chi connectivity index (χ0) is 34.1. The van der Waals surface area contributed by atoms with Crippen LogP contribution >= 0.6 is 0 Å². The summed E-state index contributed by atoms with van der Waals surface area (Å²) < 4.78 is 25.6. The Balaban J connectivity index is 1.13. The van der Waals surface area contributed by atoms with E-state index >= 15 is 0 Å². The molecule has 2 N–H and O–H groups in total. The first-order chi connectivity index (χ1) is 21.8. The number of aliphatic hydroxyl groups excluding tert-OH is 1. The zero-order valence-corrected chi connectivity index (χ0v) is 31.0. The van der Waals surface area contributed by atoms with Crippen LogP contribution in [0, 0.1) is 50.7 Å². The highest BCUT2D eigenvalue weighted by molar-refractivity contribution is 5.66. The Labute approximate surface area is 284 Å². The van der Waals surface area contributed by atoms with E-state index in [1.54, 1.807) is 13.8 Å². The Kier molecular flexibility index (Phi) is 8.20. The predicted molar refractivity (Wildman–Crippen MR) is 179 cm³/mol. The number of nitrogens with zero attached hydrogens (tertiary/aromatic N) is 1. The molecule has 268 valence electrons. The smallest absolute Gasteiger partial charge is 0.303 e. The third-order valence-electron chi connectivity index (χ3n) is 16.2. The molecule has 2 heterocycles. The fourth-order valence-electron chi connectivity index (χ4n) is 14.0. The SMILES string of the molecule is CC(=O)O[C@@H]([C@H]1C[C@@H](C)C2[C@H](O1)[C@H](O)[C@@]1(C)[C@@H]3CC[C@H]4C(C)(C)[C@@H](OC5CN(C(C)C)CCO5)CC[C@@]45C[C@@]35CC[C@]21C)C(C)(C)O. The Morgan fingerprint density at radius 1 is 1.02 bits per heavy atom. The van der Waals surface area contributed by atoms with Gasteiger partial charge in [0.2, 0.25) is 0 Å².